The molecule has 1 radical (unpaired) electrons. The van der Waals surface area contributed by atoms with E-state index in [1.807, 2.05) is 30.4 Å². The van der Waals surface area contributed by atoms with Crippen LogP contribution in [0, 0.1) is 6.08 Å². The third-order valence-electron chi connectivity index (χ3n) is 4.40. The van der Waals surface area contributed by atoms with E-state index in [0.29, 0.717) is 0 Å². The lowest BCUT2D eigenvalue weighted by Gasteiger charge is -2.01. The van der Waals surface area contributed by atoms with Crippen molar-refractivity contribution in [2.24, 2.45) is 0 Å². The second-order valence-electron chi connectivity index (χ2n) is 6.80. The third kappa shape index (κ3) is 17.0. The number of hydrogen-bond donors (Lipinski definition) is 0. The smallest absolute Gasteiger partial charge is 0.0276 e. The van der Waals surface area contributed by atoms with Crippen molar-refractivity contribution < 1.29 is 0 Å². The van der Waals surface area contributed by atoms with E-state index in [-0.39, 0.29) is 0 Å². The van der Waals surface area contributed by atoms with Crippen molar-refractivity contribution in [2.75, 3.05) is 0 Å². The summed E-state index contributed by atoms with van der Waals surface area (Å²) in [6, 6.07) is 0. The zero-order chi connectivity index (χ0) is 18.4. The van der Waals surface area contributed by atoms with Crippen molar-refractivity contribution >= 4 is 0 Å². The summed E-state index contributed by atoms with van der Waals surface area (Å²) in [5.41, 5.74) is 0. The fourth-order valence-electron chi connectivity index (χ4n) is 2.86. The van der Waals surface area contributed by atoms with Crippen LogP contribution >= 0.6 is 0 Å². The average Bonchev–Trinajstić information content (AvgIpc) is 2.65. The van der Waals surface area contributed by atoms with Gasteiger partial charge in [-0.1, -0.05) is 130 Å². The van der Waals surface area contributed by atoms with Gasteiger partial charge in [0, 0.05) is 0 Å². The first-order valence-corrected chi connectivity index (χ1v) is 10.6. The summed E-state index contributed by atoms with van der Waals surface area (Å²) in [6.07, 6.45) is 46.5. The van der Waals surface area contributed by atoms with Gasteiger partial charge in [0.25, 0.3) is 0 Å². The molecule has 0 nitrogen and oxygen atoms in total. The van der Waals surface area contributed by atoms with Crippen molar-refractivity contribution in [3.63, 3.8) is 0 Å². The molecule has 0 heterocycles. The maximum absolute atomic E-state index is 3.36. The van der Waals surface area contributed by atoms with E-state index in [1.165, 1.54) is 70.6 Å². The van der Waals surface area contributed by atoms with E-state index >= 15 is 0 Å². The highest BCUT2D eigenvalue weighted by Gasteiger charge is 1.92. The molecule has 0 fully saturated rings. The normalized spacial score (nSPS) is 28.3. The highest BCUT2D eigenvalue weighted by atomic mass is 14.0. The lowest BCUT2D eigenvalue weighted by Crippen LogP contribution is -1.82. The summed E-state index contributed by atoms with van der Waals surface area (Å²) in [7, 11) is 0. The zero-order valence-corrected chi connectivity index (χ0v) is 16.5. The molecule has 0 aromatic rings. The predicted molar refractivity (Wildman–Crippen MR) is 118 cm³/mol. The fourth-order valence-corrected chi connectivity index (χ4v) is 2.86. The van der Waals surface area contributed by atoms with E-state index in [0.717, 1.165) is 6.42 Å². The van der Waals surface area contributed by atoms with Gasteiger partial charge in [0.2, 0.25) is 0 Å². The topological polar surface area (TPSA) is 0 Å². The van der Waals surface area contributed by atoms with E-state index in [1.54, 1.807) is 0 Å². The minimum Gasteiger partial charge on any atom is -0.0845 e. The molecule has 0 spiro atoms. The molecule has 0 aromatic carbocycles. The molecule has 0 unspecified atom stereocenters. The van der Waals surface area contributed by atoms with Crippen LogP contribution in [0.5, 0.6) is 0 Å². The Morgan fingerprint density at radius 2 is 0.808 bits per heavy atom. The van der Waals surface area contributed by atoms with Crippen LogP contribution in [0.3, 0.4) is 0 Å². The molecule has 0 saturated heterocycles. The summed E-state index contributed by atoms with van der Waals surface area (Å²) in [4.78, 5) is 0. The van der Waals surface area contributed by atoms with E-state index < -0.39 is 0 Å². The van der Waals surface area contributed by atoms with Crippen LogP contribution in [-0.2, 0) is 0 Å². The molecular weight excluding hydrogens is 312 g/mol. The van der Waals surface area contributed by atoms with Gasteiger partial charge in [-0.15, -0.1) is 0 Å². The second kappa shape index (κ2) is 19.5. The average molecular weight is 350 g/mol. The van der Waals surface area contributed by atoms with Crippen LogP contribution in [-0.4, -0.2) is 0 Å². The molecular formula is C26H37. The zero-order valence-electron chi connectivity index (χ0n) is 16.5. The van der Waals surface area contributed by atoms with Gasteiger partial charge in [-0.3, -0.25) is 0 Å². The Bertz CT molecular complexity index is 448. The predicted octanol–water partition coefficient (Wildman–Crippen LogP) is 8.38. The third-order valence-corrected chi connectivity index (χ3v) is 4.40. The molecule has 0 N–H and O–H groups in total. The van der Waals surface area contributed by atoms with E-state index in [4.69, 9.17) is 0 Å². The minimum absolute atomic E-state index is 1.08. The molecule has 0 heteroatoms. The van der Waals surface area contributed by atoms with Crippen molar-refractivity contribution in [3.8, 4) is 0 Å². The van der Waals surface area contributed by atoms with E-state index in [2.05, 4.69) is 54.7 Å². The standard InChI is InChI=1S/C26H37/c1-2-4-6-8-10-12-14-16-18-20-22-24-26-25-23-21-19-17-15-13-11-9-7-5-3-1/h1-13H,14,16-26H2/b3-1-,4-2-,7-5-,8-6-,11-9-,12-10-,15-13?. The van der Waals surface area contributed by atoms with Crippen LogP contribution in [0.25, 0.3) is 0 Å². The lowest BCUT2D eigenvalue weighted by atomic mass is 10.0. The first-order valence-electron chi connectivity index (χ1n) is 10.6. The van der Waals surface area contributed by atoms with Gasteiger partial charge in [0.1, 0.15) is 0 Å². The molecule has 0 aliphatic heterocycles. The second-order valence-corrected chi connectivity index (χ2v) is 6.80. The first kappa shape index (κ1) is 22.2. The van der Waals surface area contributed by atoms with Crippen LogP contribution in [0.15, 0.2) is 79.0 Å². The van der Waals surface area contributed by atoms with Crippen LogP contribution in [0.1, 0.15) is 77.0 Å². The minimum atomic E-state index is 1.08. The van der Waals surface area contributed by atoms with Crippen LogP contribution in [0.2, 0.25) is 0 Å². The van der Waals surface area contributed by atoms with Crippen molar-refractivity contribution in [1.82, 2.24) is 0 Å². The highest BCUT2D eigenvalue weighted by Crippen LogP contribution is 2.12. The molecule has 26 heavy (non-hydrogen) atoms. The maximum Gasteiger partial charge on any atom is -0.0276 e. The molecule has 0 bridgehead atoms. The Hall–Kier alpha value is -1.82. The summed E-state index contributed by atoms with van der Waals surface area (Å²) in [5.74, 6) is 0. The van der Waals surface area contributed by atoms with Gasteiger partial charge in [-0.2, -0.15) is 0 Å². The molecule has 1 aliphatic carbocycles. The Morgan fingerprint density at radius 3 is 1.38 bits per heavy atom. The van der Waals surface area contributed by atoms with Gasteiger partial charge in [0.15, 0.2) is 0 Å². The van der Waals surface area contributed by atoms with Gasteiger partial charge in [-0.25, -0.2) is 0 Å². The molecule has 0 amide bonds. The summed E-state index contributed by atoms with van der Waals surface area (Å²) in [6.45, 7) is 0. The van der Waals surface area contributed by atoms with E-state index in [9.17, 15) is 0 Å². The molecule has 0 aromatic heterocycles. The molecule has 0 atom stereocenters. The summed E-state index contributed by atoms with van der Waals surface area (Å²) >= 11 is 0. The van der Waals surface area contributed by atoms with Gasteiger partial charge in [0.05, 0.1) is 0 Å². The van der Waals surface area contributed by atoms with Crippen molar-refractivity contribution in [1.29, 1.82) is 0 Å². The Balaban J connectivity index is 2.34. The SMILES string of the molecule is [C]1=C/C=C\C=C/C=C\C=C/C=C\C=C/CCCCCCCCCCCC\1. The summed E-state index contributed by atoms with van der Waals surface area (Å²) < 4.78 is 0. The number of hydrogen-bond acceptors (Lipinski definition) is 0. The lowest BCUT2D eigenvalue weighted by molar-refractivity contribution is 0.553. The largest absolute Gasteiger partial charge is 0.0845 e. The maximum atomic E-state index is 3.36. The molecule has 1 aliphatic rings. The van der Waals surface area contributed by atoms with Gasteiger partial charge in [-0.05, 0) is 31.8 Å². The number of allylic oxidation sites excluding steroid dienone is 14. The molecule has 0 saturated carbocycles. The van der Waals surface area contributed by atoms with Crippen LogP contribution in [0.4, 0.5) is 0 Å². The Labute approximate surface area is 162 Å². The Morgan fingerprint density at radius 1 is 0.385 bits per heavy atom. The van der Waals surface area contributed by atoms with Crippen LogP contribution < -0.4 is 0 Å². The highest BCUT2D eigenvalue weighted by molar-refractivity contribution is 5.20. The fraction of sp³-hybridized carbons (Fsp3) is 0.462. The van der Waals surface area contributed by atoms with Crippen molar-refractivity contribution in [3.05, 3.63) is 85.1 Å². The summed E-state index contributed by atoms with van der Waals surface area (Å²) in [5, 5.41) is 0. The quantitative estimate of drug-likeness (QED) is 0.412. The van der Waals surface area contributed by atoms with Gasteiger partial charge < -0.3 is 0 Å². The van der Waals surface area contributed by atoms with Crippen molar-refractivity contribution in [2.45, 2.75) is 77.0 Å². The molecule has 1 rings (SSSR count). The monoisotopic (exact) mass is 349 g/mol. The van der Waals surface area contributed by atoms with Gasteiger partial charge >= 0.3 is 0 Å². The molecule has 141 valence electrons. The first-order chi connectivity index (χ1) is 13.0. The Kier molecular flexibility index (Phi) is 16.7. The number of rotatable bonds is 0.